The molecule has 0 fully saturated rings. The van der Waals surface area contributed by atoms with Crippen molar-refractivity contribution in [3.8, 4) is 17.3 Å². The molecule has 18 heavy (non-hydrogen) atoms. The Balaban J connectivity index is 2.66. The minimum Gasteiger partial charge on any atom is -0.479 e. The molecule has 0 radical (unpaired) electrons. The number of hydrogen-bond donors (Lipinski definition) is 1. The van der Waals surface area contributed by atoms with Crippen LogP contribution in [0.15, 0.2) is 12.4 Å². The summed E-state index contributed by atoms with van der Waals surface area (Å²) in [5.41, 5.74) is 7.92. The predicted octanol–water partition coefficient (Wildman–Crippen LogP) is 1.40. The lowest BCUT2D eigenvalue weighted by molar-refractivity contribution is 0.397. The molecule has 94 valence electrons. The number of hydrogen-bond acceptors (Lipinski definition) is 6. The molecule has 2 heterocycles. The number of nitrogens with zero attached hydrogens (tertiary/aromatic N) is 4. The van der Waals surface area contributed by atoms with Crippen molar-refractivity contribution in [2.75, 3.05) is 12.8 Å². The van der Waals surface area contributed by atoms with E-state index < -0.39 is 0 Å². The maximum atomic E-state index is 5.89. The van der Waals surface area contributed by atoms with Gasteiger partial charge in [-0.15, -0.1) is 0 Å². The fourth-order valence-electron chi connectivity index (χ4n) is 1.61. The monoisotopic (exact) mass is 245 g/mol. The second-order valence-corrected chi connectivity index (χ2v) is 3.77. The van der Waals surface area contributed by atoms with E-state index in [-0.39, 0.29) is 0 Å². The Kier molecular flexibility index (Phi) is 3.36. The summed E-state index contributed by atoms with van der Waals surface area (Å²) in [7, 11) is 1.55. The van der Waals surface area contributed by atoms with Crippen molar-refractivity contribution in [1.82, 2.24) is 19.9 Å². The van der Waals surface area contributed by atoms with Gasteiger partial charge in [0.05, 0.1) is 7.11 Å². The molecular formula is C12H15N5O. The van der Waals surface area contributed by atoms with Gasteiger partial charge in [0.2, 0.25) is 5.88 Å². The van der Waals surface area contributed by atoms with Crippen LogP contribution >= 0.6 is 0 Å². The van der Waals surface area contributed by atoms with Crippen molar-refractivity contribution in [1.29, 1.82) is 0 Å². The fraction of sp³-hybridized carbons (Fsp3) is 0.333. The molecule has 0 amide bonds. The summed E-state index contributed by atoms with van der Waals surface area (Å²) in [6, 6.07) is 0. The molecule has 2 aromatic heterocycles. The molecular weight excluding hydrogens is 230 g/mol. The zero-order chi connectivity index (χ0) is 13.1. The second-order valence-electron chi connectivity index (χ2n) is 3.77. The SMILES string of the molecule is CCc1nc(N)c(C)c(-c2nccnc2OC)n1. The Hall–Kier alpha value is -2.24. The maximum absolute atomic E-state index is 5.89. The fourth-order valence-corrected chi connectivity index (χ4v) is 1.61. The van der Waals surface area contributed by atoms with Gasteiger partial charge in [-0.1, -0.05) is 6.92 Å². The van der Waals surface area contributed by atoms with E-state index in [0.717, 1.165) is 5.56 Å². The topological polar surface area (TPSA) is 86.8 Å². The highest BCUT2D eigenvalue weighted by molar-refractivity contribution is 5.67. The smallest absolute Gasteiger partial charge is 0.241 e. The number of nitrogens with two attached hydrogens (primary N) is 1. The Morgan fingerprint density at radius 1 is 1.17 bits per heavy atom. The van der Waals surface area contributed by atoms with Crippen molar-refractivity contribution in [3.63, 3.8) is 0 Å². The van der Waals surface area contributed by atoms with Gasteiger partial charge in [0, 0.05) is 24.4 Å². The van der Waals surface area contributed by atoms with E-state index in [1.54, 1.807) is 19.5 Å². The Morgan fingerprint density at radius 3 is 2.56 bits per heavy atom. The molecule has 6 nitrogen and oxygen atoms in total. The third-order valence-corrected chi connectivity index (χ3v) is 2.63. The second kappa shape index (κ2) is 4.95. The number of methoxy groups -OCH3 is 1. The van der Waals surface area contributed by atoms with Crippen molar-refractivity contribution in [3.05, 3.63) is 23.8 Å². The van der Waals surface area contributed by atoms with Gasteiger partial charge >= 0.3 is 0 Å². The highest BCUT2D eigenvalue weighted by Crippen LogP contribution is 2.28. The van der Waals surface area contributed by atoms with Crippen molar-refractivity contribution < 1.29 is 4.74 Å². The third kappa shape index (κ3) is 2.09. The normalized spacial score (nSPS) is 10.4. The summed E-state index contributed by atoms with van der Waals surface area (Å²) in [6.07, 6.45) is 3.88. The number of rotatable bonds is 3. The average Bonchev–Trinajstić information content (AvgIpc) is 2.41. The van der Waals surface area contributed by atoms with E-state index in [2.05, 4.69) is 19.9 Å². The van der Waals surface area contributed by atoms with Crippen molar-refractivity contribution in [2.45, 2.75) is 20.3 Å². The van der Waals surface area contributed by atoms with Crippen LogP contribution in [0.3, 0.4) is 0 Å². The number of aromatic nitrogens is 4. The predicted molar refractivity (Wildman–Crippen MR) is 68.1 cm³/mol. The number of ether oxygens (including phenoxy) is 1. The summed E-state index contributed by atoms with van der Waals surface area (Å²) in [4.78, 5) is 17.0. The zero-order valence-corrected chi connectivity index (χ0v) is 10.6. The van der Waals surface area contributed by atoms with E-state index in [1.807, 2.05) is 13.8 Å². The molecule has 6 heteroatoms. The van der Waals surface area contributed by atoms with E-state index in [0.29, 0.717) is 35.3 Å². The lowest BCUT2D eigenvalue weighted by Crippen LogP contribution is -2.06. The lowest BCUT2D eigenvalue weighted by atomic mass is 10.1. The van der Waals surface area contributed by atoms with E-state index in [9.17, 15) is 0 Å². The molecule has 0 atom stereocenters. The first-order valence-electron chi connectivity index (χ1n) is 5.65. The van der Waals surface area contributed by atoms with Gasteiger partial charge in [-0.2, -0.15) is 0 Å². The summed E-state index contributed by atoms with van der Waals surface area (Å²) >= 11 is 0. The highest BCUT2D eigenvalue weighted by atomic mass is 16.5. The molecule has 0 aliphatic heterocycles. The zero-order valence-electron chi connectivity index (χ0n) is 10.6. The van der Waals surface area contributed by atoms with Crippen molar-refractivity contribution >= 4 is 5.82 Å². The van der Waals surface area contributed by atoms with E-state index >= 15 is 0 Å². The number of aryl methyl sites for hydroxylation is 1. The summed E-state index contributed by atoms with van der Waals surface area (Å²) in [5.74, 6) is 1.58. The lowest BCUT2D eigenvalue weighted by Gasteiger charge is -2.10. The van der Waals surface area contributed by atoms with Crippen LogP contribution in [-0.2, 0) is 6.42 Å². The van der Waals surface area contributed by atoms with Gasteiger partial charge < -0.3 is 10.5 Å². The Bertz CT molecular complexity index is 570. The largest absolute Gasteiger partial charge is 0.479 e. The first kappa shape index (κ1) is 12.2. The summed E-state index contributed by atoms with van der Waals surface area (Å²) in [5, 5.41) is 0. The quantitative estimate of drug-likeness (QED) is 0.879. The maximum Gasteiger partial charge on any atom is 0.241 e. The van der Waals surface area contributed by atoms with Crippen LogP contribution in [0.25, 0.3) is 11.4 Å². The molecule has 2 aromatic rings. The van der Waals surface area contributed by atoms with Crippen LogP contribution in [-0.4, -0.2) is 27.0 Å². The molecule has 0 saturated heterocycles. The molecule has 0 saturated carbocycles. The van der Waals surface area contributed by atoms with Gasteiger partial charge in [0.25, 0.3) is 0 Å². The van der Waals surface area contributed by atoms with Gasteiger partial charge in [-0.3, -0.25) is 0 Å². The Labute approximate surface area is 105 Å². The molecule has 0 bridgehead atoms. The van der Waals surface area contributed by atoms with Crippen molar-refractivity contribution in [2.24, 2.45) is 0 Å². The number of nitrogen functional groups attached to an aromatic ring is 1. The molecule has 0 aliphatic carbocycles. The minimum absolute atomic E-state index is 0.431. The molecule has 0 aromatic carbocycles. The molecule has 2 N–H and O–H groups in total. The van der Waals surface area contributed by atoms with Crippen LogP contribution < -0.4 is 10.5 Å². The Morgan fingerprint density at radius 2 is 1.89 bits per heavy atom. The highest BCUT2D eigenvalue weighted by Gasteiger charge is 2.16. The van der Waals surface area contributed by atoms with Crippen LogP contribution in [0.5, 0.6) is 5.88 Å². The van der Waals surface area contributed by atoms with Crippen LogP contribution in [0, 0.1) is 6.92 Å². The van der Waals surface area contributed by atoms with Gasteiger partial charge in [0.15, 0.2) is 5.69 Å². The standard InChI is InChI=1S/C12H15N5O/c1-4-8-16-9(7(2)11(13)17-8)10-12(18-3)15-6-5-14-10/h5-6H,4H2,1-3H3,(H2,13,16,17). The molecule has 0 unspecified atom stereocenters. The van der Waals surface area contributed by atoms with Crippen LogP contribution in [0.4, 0.5) is 5.82 Å². The summed E-state index contributed by atoms with van der Waals surface area (Å²) < 4.78 is 5.19. The van der Waals surface area contributed by atoms with Gasteiger partial charge in [-0.05, 0) is 6.92 Å². The first-order chi connectivity index (χ1) is 8.67. The summed E-state index contributed by atoms with van der Waals surface area (Å²) in [6.45, 7) is 3.83. The number of anilines is 1. The van der Waals surface area contributed by atoms with Gasteiger partial charge in [-0.25, -0.2) is 19.9 Å². The van der Waals surface area contributed by atoms with Gasteiger partial charge in [0.1, 0.15) is 17.3 Å². The average molecular weight is 245 g/mol. The van der Waals surface area contributed by atoms with Crippen LogP contribution in [0.1, 0.15) is 18.3 Å². The van der Waals surface area contributed by atoms with E-state index in [4.69, 9.17) is 10.5 Å². The molecule has 0 spiro atoms. The van der Waals surface area contributed by atoms with E-state index in [1.165, 1.54) is 0 Å². The molecule has 2 rings (SSSR count). The minimum atomic E-state index is 0.431. The van der Waals surface area contributed by atoms with Crippen LogP contribution in [0.2, 0.25) is 0 Å². The third-order valence-electron chi connectivity index (χ3n) is 2.63. The molecule has 0 aliphatic rings. The first-order valence-corrected chi connectivity index (χ1v) is 5.65.